The number of halogens is 1. The van der Waals surface area contributed by atoms with Gasteiger partial charge in [0.05, 0.1) is 11.4 Å². The van der Waals surface area contributed by atoms with Crippen molar-refractivity contribution in [3.63, 3.8) is 0 Å². The Bertz CT molecular complexity index is 1140. The van der Waals surface area contributed by atoms with Crippen LogP contribution in [0.25, 0.3) is 11.1 Å². The number of carboxylic acids is 1. The molecular weight excluding hydrogens is 480 g/mol. The van der Waals surface area contributed by atoms with Gasteiger partial charge in [0.25, 0.3) is 5.91 Å². The zero-order chi connectivity index (χ0) is 26.1. The molecular formula is C27H37ClN4O4. The number of aromatic nitrogens is 1. The zero-order valence-electron chi connectivity index (χ0n) is 21.9. The second-order valence-corrected chi connectivity index (χ2v) is 9.66. The molecule has 3 N–H and O–H groups in total. The number of carboxylic acid groups (broad SMARTS) is 1. The van der Waals surface area contributed by atoms with Gasteiger partial charge in [0.15, 0.2) is 0 Å². The van der Waals surface area contributed by atoms with Crippen LogP contribution in [0.3, 0.4) is 0 Å². The van der Waals surface area contributed by atoms with Crippen molar-refractivity contribution in [2.45, 2.75) is 72.9 Å². The van der Waals surface area contributed by atoms with Gasteiger partial charge in [0, 0.05) is 17.8 Å². The molecule has 0 bridgehead atoms. The SMILES string of the molecule is CCC(CC)(C(=O)O)N1CC(=O)N(c2c(C)nc(CC(C)C)c(CN)c2-c2ccc(C)cc2)C1=O.Cl. The molecule has 0 radical (unpaired) electrons. The lowest BCUT2D eigenvalue weighted by Gasteiger charge is -2.36. The molecule has 0 atom stereocenters. The molecule has 1 aliphatic rings. The van der Waals surface area contributed by atoms with Gasteiger partial charge in [-0.2, -0.15) is 0 Å². The minimum Gasteiger partial charge on any atom is -0.479 e. The van der Waals surface area contributed by atoms with Crippen molar-refractivity contribution in [2.24, 2.45) is 11.7 Å². The van der Waals surface area contributed by atoms with Crippen molar-refractivity contribution in [1.82, 2.24) is 9.88 Å². The zero-order valence-corrected chi connectivity index (χ0v) is 22.7. The van der Waals surface area contributed by atoms with Gasteiger partial charge in [-0.05, 0) is 50.2 Å². The van der Waals surface area contributed by atoms with Gasteiger partial charge in [-0.15, -0.1) is 12.4 Å². The first-order chi connectivity index (χ1) is 16.5. The van der Waals surface area contributed by atoms with Crippen molar-refractivity contribution in [3.05, 3.63) is 46.8 Å². The molecule has 3 rings (SSSR count). The van der Waals surface area contributed by atoms with Crippen molar-refractivity contribution in [2.75, 3.05) is 11.4 Å². The van der Waals surface area contributed by atoms with E-state index in [4.69, 9.17) is 10.7 Å². The number of benzene rings is 1. The first kappa shape index (κ1) is 29.3. The molecule has 9 heteroatoms. The number of nitrogens with zero attached hydrogens (tertiary/aromatic N) is 3. The van der Waals surface area contributed by atoms with Crippen LogP contribution in [-0.4, -0.2) is 45.0 Å². The van der Waals surface area contributed by atoms with Gasteiger partial charge in [-0.3, -0.25) is 14.7 Å². The maximum absolute atomic E-state index is 13.7. The lowest BCUT2D eigenvalue weighted by Crippen LogP contribution is -2.55. The molecule has 8 nitrogen and oxygen atoms in total. The lowest BCUT2D eigenvalue weighted by atomic mass is 9.91. The molecule has 2 aromatic rings. The van der Waals surface area contributed by atoms with Crippen LogP contribution in [-0.2, 0) is 22.6 Å². The molecule has 0 aliphatic carbocycles. The second kappa shape index (κ2) is 11.4. The first-order valence-corrected chi connectivity index (χ1v) is 12.2. The number of hydrogen-bond acceptors (Lipinski definition) is 5. The average molecular weight is 517 g/mol. The Kier molecular flexibility index (Phi) is 9.26. The standard InChI is InChI=1S/C27H36N4O4.ClH/c1-7-27(8-2,25(33)34)30-15-22(32)31(26(30)35)24-18(6)29-21(13-16(3)4)20(14-28)23(24)19-11-9-17(5)10-12-19;/h9-12,16H,7-8,13-15,28H2,1-6H3,(H,33,34);1H. The largest absolute Gasteiger partial charge is 0.479 e. The third kappa shape index (κ3) is 4.97. The summed E-state index contributed by atoms with van der Waals surface area (Å²) >= 11 is 0. The first-order valence-electron chi connectivity index (χ1n) is 12.2. The van der Waals surface area contributed by atoms with E-state index in [1.54, 1.807) is 20.8 Å². The Morgan fingerprint density at radius 3 is 2.19 bits per heavy atom. The number of imide groups is 1. The quantitative estimate of drug-likeness (QED) is 0.460. The topological polar surface area (TPSA) is 117 Å². The fourth-order valence-electron chi connectivity index (χ4n) is 4.98. The van der Waals surface area contributed by atoms with E-state index in [9.17, 15) is 19.5 Å². The minimum atomic E-state index is -1.46. The number of anilines is 1. The molecule has 1 saturated heterocycles. The fourth-order valence-corrected chi connectivity index (χ4v) is 4.98. The van der Waals surface area contributed by atoms with E-state index in [0.717, 1.165) is 27.3 Å². The van der Waals surface area contributed by atoms with Crippen molar-refractivity contribution >= 4 is 36.0 Å². The minimum absolute atomic E-state index is 0. The highest BCUT2D eigenvalue weighted by atomic mass is 35.5. The number of pyridine rings is 1. The Balaban J connectivity index is 0.00000456. The monoisotopic (exact) mass is 516 g/mol. The summed E-state index contributed by atoms with van der Waals surface area (Å²) in [5, 5.41) is 10.0. The van der Waals surface area contributed by atoms with Gasteiger partial charge in [-0.25, -0.2) is 14.5 Å². The highest BCUT2D eigenvalue weighted by Crippen LogP contribution is 2.41. The van der Waals surface area contributed by atoms with Crippen LogP contribution in [0.5, 0.6) is 0 Å². The number of nitrogens with two attached hydrogens (primary N) is 1. The number of aryl methyl sites for hydroxylation is 2. The summed E-state index contributed by atoms with van der Waals surface area (Å²) in [4.78, 5) is 46.5. The van der Waals surface area contributed by atoms with Crippen LogP contribution in [0.4, 0.5) is 10.5 Å². The number of carbonyl (C=O) groups excluding carboxylic acids is 2. The maximum Gasteiger partial charge on any atom is 0.332 e. The number of amides is 3. The van der Waals surface area contributed by atoms with Crippen LogP contribution in [0, 0.1) is 19.8 Å². The van der Waals surface area contributed by atoms with E-state index in [1.807, 2.05) is 31.2 Å². The molecule has 0 spiro atoms. The van der Waals surface area contributed by atoms with Gasteiger partial charge < -0.3 is 10.8 Å². The van der Waals surface area contributed by atoms with E-state index in [0.29, 0.717) is 29.3 Å². The average Bonchev–Trinajstić information content (AvgIpc) is 3.09. The highest BCUT2D eigenvalue weighted by molar-refractivity contribution is 6.22. The van der Waals surface area contributed by atoms with Crippen molar-refractivity contribution in [1.29, 1.82) is 0 Å². The summed E-state index contributed by atoms with van der Waals surface area (Å²) in [5.41, 5.74) is 9.94. The predicted molar refractivity (Wildman–Crippen MR) is 143 cm³/mol. The summed E-state index contributed by atoms with van der Waals surface area (Å²) in [6, 6.07) is 7.21. The van der Waals surface area contributed by atoms with Gasteiger partial charge in [0.2, 0.25) is 0 Å². The van der Waals surface area contributed by atoms with Gasteiger partial charge in [-0.1, -0.05) is 57.5 Å². The summed E-state index contributed by atoms with van der Waals surface area (Å²) in [6.45, 7) is 11.3. The Hall–Kier alpha value is -2.97. The predicted octanol–water partition coefficient (Wildman–Crippen LogP) is 4.86. The molecule has 196 valence electrons. The Morgan fingerprint density at radius 1 is 1.14 bits per heavy atom. The summed E-state index contributed by atoms with van der Waals surface area (Å²) in [7, 11) is 0. The number of rotatable bonds is 9. The van der Waals surface area contributed by atoms with Crippen LogP contribution in [0.1, 0.15) is 63.1 Å². The van der Waals surface area contributed by atoms with E-state index < -0.39 is 23.4 Å². The van der Waals surface area contributed by atoms with E-state index >= 15 is 0 Å². The van der Waals surface area contributed by atoms with E-state index in [1.165, 1.54) is 4.90 Å². The smallest absolute Gasteiger partial charge is 0.332 e. The van der Waals surface area contributed by atoms with Gasteiger partial charge >= 0.3 is 12.0 Å². The molecule has 0 saturated carbocycles. The summed E-state index contributed by atoms with van der Waals surface area (Å²) in [6.07, 6.45) is 1.08. The third-order valence-electron chi connectivity index (χ3n) is 6.95. The van der Waals surface area contributed by atoms with Crippen LogP contribution < -0.4 is 10.6 Å². The number of urea groups is 1. The summed E-state index contributed by atoms with van der Waals surface area (Å²) in [5.74, 6) is -1.26. The van der Waals surface area contributed by atoms with Crippen LogP contribution >= 0.6 is 12.4 Å². The molecule has 3 amide bonds. The molecule has 2 heterocycles. The number of hydrogen-bond donors (Lipinski definition) is 2. The second-order valence-electron chi connectivity index (χ2n) is 9.66. The number of aliphatic carboxylic acids is 1. The molecule has 36 heavy (non-hydrogen) atoms. The third-order valence-corrected chi connectivity index (χ3v) is 6.95. The Morgan fingerprint density at radius 2 is 1.72 bits per heavy atom. The van der Waals surface area contributed by atoms with Crippen LogP contribution in [0.15, 0.2) is 24.3 Å². The van der Waals surface area contributed by atoms with Crippen LogP contribution in [0.2, 0.25) is 0 Å². The molecule has 1 aromatic heterocycles. The molecule has 1 aromatic carbocycles. The lowest BCUT2D eigenvalue weighted by molar-refractivity contribution is -0.150. The normalized spacial score (nSPS) is 14.0. The molecule has 1 aliphatic heterocycles. The van der Waals surface area contributed by atoms with E-state index in [2.05, 4.69) is 13.8 Å². The van der Waals surface area contributed by atoms with Gasteiger partial charge in [0.1, 0.15) is 12.1 Å². The molecule has 0 unspecified atom stereocenters. The van der Waals surface area contributed by atoms with E-state index in [-0.39, 0.29) is 38.3 Å². The van der Waals surface area contributed by atoms with Crippen molar-refractivity contribution < 1.29 is 19.5 Å². The summed E-state index contributed by atoms with van der Waals surface area (Å²) < 4.78 is 0. The number of carbonyl (C=O) groups is 3. The maximum atomic E-state index is 13.7. The Labute approximate surface area is 219 Å². The van der Waals surface area contributed by atoms with Crippen molar-refractivity contribution in [3.8, 4) is 11.1 Å². The highest BCUT2D eigenvalue weighted by Gasteiger charge is 2.52. The fraction of sp³-hybridized carbons (Fsp3) is 0.481. The molecule has 1 fully saturated rings.